The molecule has 0 unspecified atom stereocenters. The van der Waals surface area contributed by atoms with Gasteiger partial charge >= 0.3 is 0 Å². The highest BCUT2D eigenvalue weighted by atomic mass is 32.2. The second kappa shape index (κ2) is 3.78. The number of thioether (sulfide) groups is 1. The third-order valence-electron chi connectivity index (χ3n) is 2.52. The van der Waals surface area contributed by atoms with Crippen LogP contribution in [0.1, 0.15) is 5.56 Å². The molecular weight excluding hydrogens is 236 g/mol. The van der Waals surface area contributed by atoms with E-state index in [1.54, 1.807) is 6.08 Å². The van der Waals surface area contributed by atoms with Crippen LogP contribution in [-0.4, -0.2) is 16.1 Å². The van der Waals surface area contributed by atoms with E-state index in [1.165, 1.54) is 0 Å². The number of nitrogens with one attached hydrogen (secondary N) is 2. The van der Waals surface area contributed by atoms with E-state index in [1.807, 2.05) is 30.5 Å². The van der Waals surface area contributed by atoms with E-state index in [-0.39, 0.29) is 11.1 Å². The molecule has 1 aromatic carbocycles. The van der Waals surface area contributed by atoms with E-state index in [2.05, 4.69) is 10.3 Å². The van der Waals surface area contributed by atoms with Gasteiger partial charge in [-0.05, 0) is 47.0 Å². The average molecular weight is 244 g/mol. The number of amides is 2. The molecule has 2 aromatic rings. The smallest absolute Gasteiger partial charge is 0.290 e. The van der Waals surface area contributed by atoms with Gasteiger partial charge in [0.05, 0.1) is 4.91 Å². The zero-order chi connectivity index (χ0) is 11.8. The molecule has 0 bridgehead atoms. The molecule has 17 heavy (non-hydrogen) atoms. The topological polar surface area (TPSA) is 62.0 Å². The minimum Gasteiger partial charge on any atom is -0.361 e. The maximum atomic E-state index is 11.4. The van der Waals surface area contributed by atoms with Crippen molar-refractivity contribution in [3.8, 4) is 0 Å². The summed E-state index contributed by atoms with van der Waals surface area (Å²) in [6.45, 7) is 0. The van der Waals surface area contributed by atoms with Crippen LogP contribution in [0.5, 0.6) is 0 Å². The van der Waals surface area contributed by atoms with E-state index in [0.717, 1.165) is 28.2 Å². The van der Waals surface area contributed by atoms with Gasteiger partial charge in [0, 0.05) is 11.7 Å². The molecule has 1 aromatic heterocycles. The average Bonchev–Trinajstić information content (AvgIpc) is 2.85. The van der Waals surface area contributed by atoms with Crippen molar-refractivity contribution in [3.05, 3.63) is 40.9 Å². The largest absolute Gasteiger partial charge is 0.361 e. The SMILES string of the molecule is O=C1NC(=O)/C(=C/c2ccc3[nH]ccc3c2)S1. The van der Waals surface area contributed by atoms with Crippen molar-refractivity contribution in [1.29, 1.82) is 0 Å². The standard InChI is InChI=1S/C12H8N2O2S/c15-11-10(17-12(16)14-11)6-7-1-2-9-8(5-7)3-4-13-9/h1-6,13H,(H,14,15,16)/b10-6-. The number of rotatable bonds is 1. The molecule has 2 N–H and O–H groups in total. The molecule has 0 atom stereocenters. The first-order valence-corrected chi connectivity index (χ1v) is 5.86. The lowest BCUT2D eigenvalue weighted by molar-refractivity contribution is -0.115. The van der Waals surface area contributed by atoms with Gasteiger partial charge in [0.25, 0.3) is 11.1 Å². The molecule has 1 fully saturated rings. The van der Waals surface area contributed by atoms with Gasteiger partial charge in [0.15, 0.2) is 0 Å². The molecule has 2 heterocycles. The second-order valence-electron chi connectivity index (χ2n) is 3.68. The van der Waals surface area contributed by atoms with Crippen molar-refractivity contribution in [1.82, 2.24) is 10.3 Å². The molecule has 0 spiro atoms. The summed E-state index contributed by atoms with van der Waals surface area (Å²) >= 11 is 0.930. The maximum Gasteiger partial charge on any atom is 0.290 e. The van der Waals surface area contributed by atoms with Crippen LogP contribution in [0.3, 0.4) is 0 Å². The summed E-state index contributed by atoms with van der Waals surface area (Å²) in [6.07, 6.45) is 3.58. The molecular formula is C12H8N2O2S. The summed E-state index contributed by atoms with van der Waals surface area (Å²) in [5.41, 5.74) is 1.95. The molecule has 1 saturated heterocycles. The number of aromatic amines is 1. The van der Waals surface area contributed by atoms with Crippen LogP contribution in [0.4, 0.5) is 4.79 Å². The van der Waals surface area contributed by atoms with Gasteiger partial charge in [-0.15, -0.1) is 0 Å². The maximum absolute atomic E-state index is 11.4. The van der Waals surface area contributed by atoms with E-state index in [9.17, 15) is 9.59 Å². The number of H-pyrrole nitrogens is 1. The molecule has 0 aliphatic carbocycles. The summed E-state index contributed by atoms with van der Waals surface area (Å²) in [7, 11) is 0. The Balaban J connectivity index is 2.01. The number of benzene rings is 1. The van der Waals surface area contributed by atoms with E-state index < -0.39 is 0 Å². The Labute approximate surface area is 101 Å². The van der Waals surface area contributed by atoms with Gasteiger partial charge in [0.2, 0.25) is 0 Å². The van der Waals surface area contributed by atoms with Gasteiger partial charge < -0.3 is 4.98 Å². The number of carbonyl (C=O) groups is 2. The Bertz CT molecular complexity index is 657. The number of aromatic nitrogens is 1. The van der Waals surface area contributed by atoms with Gasteiger partial charge in [-0.1, -0.05) is 6.07 Å². The highest BCUT2D eigenvalue weighted by Gasteiger charge is 2.24. The van der Waals surface area contributed by atoms with Crippen molar-refractivity contribution >= 4 is 39.9 Å². The van der Waals surface area contributed by atoms with E-state index in [4.69, 9.17) is 0 Å². The monoisotopic (exact) mass is 244 g/mol. The molecule has 1 aliphatic rings. The molecule has 3 rings (SSSR count). The summed E-state index contributed by atoms with van der Waals surface area (Å²) in [5.74, 6) is -0.325. The third-order valence-corrected chi connectivity index (χ3v) is 3.33. The predicted molar refractivity (Wildman–Crippen MR) is 67.4 cm³/mol. The Morgan fingerprint density at radius 1 is 1.18 bits per heavy atom. The Morgan fingerprint density at radius 3 is 2.82 bits per heavy atom. The normalized spacial score (nSPS) is 18.0. The third kappa shape index (κ3) is 1.85. The minimum absolute atomic E-state index is 0.316. The van der Waals surface area contributed by atoms with E-state index in [0.29, 0.717) is 4.91 Å². The fourth-order valence-corrected chi connectivity index (χ4v) is 2.42. The quantitative estimate of drug-likeness (QED) is 0.757. The van der Waals surface area contributed by atoms with Crippen molar-refractivity contribution in [3.63, 3.8) is 0 Å². The number of imide groups is 1. The van der Waals surface area contributed by atoms with Crippen LogP contribution < -0.4 is 5.32 Å². The fourth-order valence-electron chi connectivity index (χ4n) is 1.73. The lowest BCUT2D eigenvalue weighted by atomic mass is 10.1. The first-order valence-electron chi connectivity index (χ1n) is 5.04. The first-order chi connectivity index (χ1) is 8.22. The van der Waals surface area contributed by atoms with Crippen molar-refractivity contribution in [2.45, 2.75) is 0 Å². The Hall–Kier alpha value is -2.01. The number of hydrogen-bond donors (Lipinski definition) is 2. The van der Waals surface area contributed by atoms with Gasteiger partial charge in [-0.25, -0.2) is 0 Å². The summed E-state index contributed by atoms with van der Waals surface area (Å²) in [6, 6.07) is 7.78. The van der Waals surface area contributed by atoms with Crippen LogP contribution in [0.15, 0.2) is 35.4 Å². The van der Waals surface area contributed by atoms with Crippen LogP contribution >= 0.6 is 11.8 Å². The molecule has 0 saturated carbocycles. The second-order valence-corrected chi connectivity index (χ2v) is 4.69. The summed E-state index contributed by atoms with van der Waals surface area (Å²) in [4.78, 5) is 25.9. The molecule has 5 heteroatoms. The van der Waals surface area contributed by atoms with Crippen molar-refractivity contribution in [2.75, 3.05) is 0 Å². The predicted octanol–water partition coefficient (Wildman–Crippen LogP) is 2.49. The fraction of sp³-hybridized carbons (Fsp3) is 0. The summed E-state index contributed by atoms with van der Waals surface area (Å²) in [5, 5.41) is 2.99. The number of hydrogen-bond acceptors (Lipinski definition) is 3. The van der Waals surface area contributed by atoms with Gasteiger partial charge in [-0.2, -0.15) is 0 Å². The molecule has 4 nitrogen and oxygen atoms in total. The molecule has 1 aliphatic heterocycles. The van der Waals surface area contributed by atoms with Gasteiger partial charge in [-0.3, -0.25) is 14.9 Å². The number of carbonyl (C=O) groups excluding carboxylic acids is 2. The number of fused-ring (bicyclic) bond motifs is 1. The molecule has 84 valence electrons. The molecule has 2 amide bonds. The Kier molecular flexibility index (Phi) is 2.26. The zero-order valence-electron chi connectivity index (χ0n) is 8.69. The van der Waals surface area contributed by atoms with Crippen LogP contribution in [0.25, 0.3) is 17.0 Å². The van der Waals surface area contributed by atoms with Crippen molar-refractivity contribution in [2.24, 2.45) is 0 Å². The highest BCUT2D eigenvalue weighted by Crippen LogP contribution is 2.26. The molecule has 0 radical (unpaired) electrons. The van der Waals surface area contributed by atoms with E-state index >= 15 is 0 Å². The lowest BCUT2D eigenvalue weighted by Gasteiger charge is -1.95. The minimum atomic E-state index is -0.325. The zero-order valence-corrected chi connectivity index (χ0v) is 9.51. The van der Waals surface area contributed by atoms with Gasteiger partial charge in [0.1, 0.15) is 0 Å². The first kappa shape index (κ1) is 10.2. The van der Waals surface area contributed by atoms with Crippen LogP contribution in [-0.2, 0) is 4.79 Å². The Morgan fingerprint density at radius 2 is 2.06 bits per heavy atom. The van der Waals surface area contributed by atoms with Crippen LogP contribution in [0, 0.1) is 0 Å². The van der Waals surface area contributed by atoms with Crippen LogP contribution in [0.2, 0.25) is 0 Å². The lowest BCUT2D eigenvalue weighted by Crippen LogP contribution is -2.17. The highest BCUT2D eigenvalue weighted by molar-refractivity contribution is 8.18. The van der Waals surface area contributed by atoms with Crippen molar-refractivity contribution < 1.29 is 9.59 Å². The summed E-state index contributed by atoms with van der Waals surface area (Å²) < 4.78 is 0.